The number of aromatic nitrogens is 1. The summed E-state index contributed by atoms with van der Waals surface area (Å²) in [6, 6.07) is 3.82. The molecule has 1 amide bonds. The molecule has 3 nitrogen and oxygen atoms in total. The van der Waals surface area contributed by atoms with Crippen molar-refractivity contribution in [1.82, 2.24) is 4.98 Å². The van der Waals surface area contributed by atoms with Crippen molar-refractivity contribution in [2.75, 3.05) is 16.8 Å². The number of aryl methyl sites for hydroxylation is 1. The Morgan fingerprint density at radius 3 is 2.88 bits per heavy atom. The second kappa shape index (κ2) is 4.84. The third-order valence-electron chi connectivity index (χ3n) is 2.74. The maximum absolute atomic E-state index is 11.8. The summed E-state index contributed by atoms with van der Waals surface area (Å²) in [7, 11) is 0. The van der Waals surface area contributed by atoms with Crippen molar-refractivity contribution in [3.8, 4) is 0 Å². The molecule has 0 radical (unpaired) electrons. The van der Waals surface area contributed by atoms with Crippen molar-refractivity contribution in [3.63, 3.8) is 0 Å². The fourth-order valence-corrected chi connectivity index (χ4v) is 2.76. The highest BCUT2D eigenvalue weighted by molar-refractivity contribution is 9.10. The number of carbonyl (C=O) groups excluding carboxylic acids is 1. The SMILES string of the molecule is Cc1nc(Br)ccc1N1CC(CBr)CC1=O. The first kappa shape index (κ1) is 12.0. The van der Waals surface area contributed by atoms with Crippen molar-refractivity contribution in [2.24, 2.45) is 5.92 Å². The van der Waals surface area contributed by atoms with Crippen LogP contribution < -0.4 is 4.90 Å². The summed E-state index contributed by atoms with van der Waals surface area (Å²) in [6.07, 6.45) is 0.626. The smallest absolute Gasteiger partial charge is 0.227 e. The maximum Gasteiger partial charge on any atom is 0.227 e. The minimum Gasteiger partial charge on any atom is -0.310 e. The molecule has 1 aliphatic rings. The van der Waals surface area contributed by atoms with Crippen LogP contribution in [0.25, 0.3) is 0 Å². The van der Waals surface area contributed by atoms with Gasteiger partial charge in [0.2, 0.25) is 5.91 Å². The second-order valence-corrected chi connectivity index (χ2v) is 5.43. The van der Waals surface area contributed by atoms with Crippen molar-refractivity contribution in [3.05, 3.63) is 22.4 Å². The number of alkyl halides is 1. The predicted octanol–water partition coefficient (Wildman–Crippen LogP) is 2.90. The number of anilines is 1. The zero-order chi connectivity index (χ0) is 11.7. The van der Waals surface area contributed by atoms with E-state index in [0.717, 1.165) is 27.9 Å². The van der Waals surface area contributed by atoms with E-state index >= 15 is 0 Å². The number of hydrogen-bond acceptors (Lipinski definition) is 2. The first-order valence-corrected chi connectivity index (χ1v) is 7.02. The van der Waals surface area contributed by atoms with E-state index in [2.05, 4.69) is 36.8 Å². The highest BCUT2D eigenvalue weighted by Gasteiger charge is 2.30. The first-order chi connectivity index (χ1) is 7.61. The van der Waals surface area contributed by atoms with E-state index in [-0.39, 0.29) is 5.91 Å². The number of pyridine rings is 1. The largest absolute Gasteiger partial charge is 0.310 e. The minimum atomic E-state index is 0.191. The highest BCUT2D eigenvalue weighted by Crippen LogP contribution is 2.28. The van der Waals surface area contributed by atoms with Gasteiger partial charge in [-0.1, -0.05) is 15.9 Å². The van der Waals surface area contributed by atoms with Crippen LogP contribution in [-0.2, 0) is 4.79 Å². The number of carbonyl (C=O) groups is 1. The molecular weight excluding hydrogens is 336 g/mol. The van der Waals surface area contributed by atoms with Gasteiger partial charge in [-0.05, 0) is 40.9 Å². The molecular formula is C11H12Br2N2O. The number of halogens is 2. The van der Waals surface area contributed by atoms with Crippen molar-refractivity contribution in [2.45, 2.75) is 13.3 Å². The molecule has 1 aromatic rings. The molecule has 0 spiro atoms. The molecule has 0 bridgehead atoms. The Balaban J connectivity index is 2.28. The van der Waals surface area contributed by atoms with Crippen LogP contribution in [0.15, 0.2) is 16.7 Å². The highest BCUT2D eigenvalue weighted by atomic mass is 79.9. The van der Waals surface area contributed by atoms with Gasteiger partial charge in [0.1, 0.15) is 4.60 Å². The van der Waals surface area contributed by atoms with Crippen LogP contribution >= 0.6 is 31.9 Å². The van der Waals surface area contributed by atoms with E-state index in [1.54, 1.807) is 0 Å². The molecule has 0 saturated carbocycles. The third kappa shape index (κ3) is 2.30. The Labute approximate surface area is 111 Å². The van der Waals surface area contributed by atoms with Crippen LogP contribution in [0.4, 0.5) is 5.69 Å². The van der Waals surface area contributed by atoms with E-state index in [9.17, 15) is 4.79 Å². The summed E-state index contributed by atoms with van der Waals surface area (Å²) in [5.74, 6) is 0.604. The van der Waals surface area contributed by atoms with Crippen molar-refractivity contribution >= 4 is 43.5 Å². The van der Waals surface area contributed by atoms with Gasteiger partial charge in [0.05, 0.1) is 11.4 Å². The second-order valence-electron chi connectivity index (χ2n) is 3.97. The molecule has 2 rings (SSSR count). The van der Waals surface area contributed by atoms with Gasteiger partial charge in [0.15, 0.2) is 0 Å². The molecule has 0 aliphatic carbocycles. The summed E-state index contributed by atoms with van der Waals surface area (Å²) < 4.78 is 0.803. The topological polar surface area (TPSA) is 33.2 Å². The Morgan fingerprint density at radius 2 is 2.31 bits per heavy atom. The fraction of sp³-hybridized carbons (Fsp3) is 0.455. The van der Waals surface area contributed by atoms with Crippen LogP contribution in [-0.4, -0.2) is 22.8 Å². The van der Waals surface area contributed by atoms with Crippen LogP contribution in [0.3, 0.4) is 0 Å². The number of hydrogen-bond donors (Lipinski definition) is 0. The third-order valence-corrected chi connectivity index (χ3v) is 4.10. The Morgan fingerprint density at radius 1 is 1.56 bits per heavy atom. The quantitative estimate of drug-likeness (QED) is 0.608. The Hall–Kier alpha value is -0.420. The van der Waals surface area contributed by atoms with E-state index in [1.165, 1.54) is 0 Å². The molecule has 1 atom stereocenters. The van der Waals surface area contributed by atoms with Gasteiger partial charge in [-0.25, -0.2) is 4.98 Å². The minimum absolute atomic E-state index is 0.191. The number of amides is 1. The van der Waals surface area contributed by atoms with Crippen molar-refractivity contribution < 1.29 is 4.79 Å². The molecule has 1 saturated heterocycles. The van der Waals surface area contributed by atoms with Gasteiger partial charge in [-0.3, -0.25) is 4.79 Å². The lowest BCUT2D eigenvalue weighted by atomic mass is 10.2. The van der Waals surface area contributed by atoms with Crippen LogP contribution in [0, 0.1) is 12.8 Å². The van der Waals surface area contributed by atoms with Crippen LogP contribution in [0.5, 0.6) is 0 Å². The van der Waals surface area contributed by atoms with E-state index in [1.807, 2.05) is 24.0 Å². The summed E-state index contributed by atoms with van der Waals surface area (Å²) in [6.45, 7) is 2.71. The van der Waals surface area contributed by atoms with Gasteiger partial charge in [-0.2, -0.15) is 0 Å². The first-order valence-electron chi connectivity index (χ1n) is 5.11. The summed E-state index contributed by atoms with van der Waals surface area (Å²) in [5, 5.41) is 0.873. The van der Waals surface area contributed by atoms with Crippen LogP contribution in [0.1, 0.15) is 12.1 Å². The summed E-state index contributed by atoms with van der Waals surface area (Å²) in [4.78, 5) is 18.0. The van der Waals surface area contributed by atoms with Crippen molar-refractivity contribution in [1.29, 1.82) is 0 Å². The monoisotopic (exact) mass is 346 g/mol. The zero-order valence-corrected chi connectivity index (χ0v) is 12.1. The van der Waals surface area contributed by atoms with E-state index in [4.69, 9.17) is 0 Å². The molecule has 1 aliphatic heterocycles. The standard InChI is InChI=1S/C11H12Br2N2O/c1-7-9(2-3-10(13)14-7)15-6-8(5-12)4-11(15)16/h2-3,8H,4-6H2,1H3. The van der Waals surface area contributed by atoms with Gasteiger partial charge >= 0.3 is 0 Å². The molecule has 0 aromatic carbocycles. The molecule has 1 unspecified atom stereocenters. The molecule has 1 fully saturated rings. The summed E-state index contributed by atoms with van der Waals surface area (Å²) in [5.41, 5.74) is 1.81. The molecule has 5 heteroatoms. The molecule has 2 heterocycles. The zero-order valence-electron chi connectivity index (χ0n) is 8.91. The average molecular weight is 348 g/mol. The fourth-order valence-electron chi connectivity index (χ4n) is 1.93. The Kier molecular flexibility index (Phi) is 3.64. The van der Waals surface area contributed by atoms with Gasteiger partial charge in [-0.15, -0.1) is 0 Å². The predicted molar refractivity (Wildman–Crippen MR) is 70.9 cm³/mol. The number of nitrogens with zero attached hydrogens (tertiary/aromatic N) is 2. The molecule has 0 N–H and O–H groups in total. The lowest BCUT2D eigenvalue weighted by Crippen LogP contribution is -2.25. The van der Waals surface area contributed by atoms with E-state index in [0.29, 0.717) is 12.3 Å². The molecule has 86 valence electrons. The molecule has 16 heavy (non-hydrogen) atoms. The van der Waals surface area contributed by atoms with Gasteiger partial charge in [0.25, 0.3) is 0 Å². The van der Waals surface area contributed by atoms with E-state index < -0.39 is 0 Å². The summed E-state index contributed by atoms with van der Waals surface area (Å²) >= 11 is 6.76. The molecule has 1 aromatic heterocycles. The maximum atomic E-state index is 11.8. The van der Waals surface area contributed by atoms with Gasteiger partial charge < -0.3 is 4.90 Å². The van der Waals surface area contributed by atoms with Gasteiger partial charge in [0, 0.05) is 18.3 Å². The Bertz CT molecular complexity index is 422. The lowest BCUT2D eigenvalue weighted by molar-refractivity contribution is -0.117. The average Bonchev–Trinajstić information content (AvgIpc) is 2.60. The van der Waals surface area contributed by atoms with Crippen LogP contribution in [0.2, 0.25) is 0 Å². The lowest BCUT2D eigenvalue weighted by Gasteiger charge is -2.18. The normalized spacial score (nSPS) is 20.6. The number of rotatable bonds is 2.